The molecule has 0 atom stereocenters. The van der Waals surface area contributed by atoms with Crippen LogP contribution in [0.15, 0.2) is 47.3 Å². The number of carbonyl (C=O) groups is 3. The lowest BCUT2D eigenvalue weighted by molar-refractivity contribution is -0.135. The van der Waals surface area contributed by atoms with E-state index >= 15 is 0 Å². The molecule has 34 heavy (non-hydrogen) atoms. The molecule has 3 amide bonds. The Balaban J connectivity index is 1.27. The first-order chi connectivity index (χ1) is 16.3. The van der Waals surface area contributed by atoms with Crippen molar-refractivity contribution in [3.8, 4) is 11.4 Å². The molecule has 1 saturated heterocycles. The summed E-state index contributed by atoms with van der Waals surface area (Å²) < 4.78 is 44.6. The second-order valence-electron chi connectivity index (χ2n) is 7.48. The summed E-state index contributed by atoms with van der Waals surface area (Å²) in [4.78, 5) is 43.9. The highest BCUT2D eigenvalue weighted by Gasteiger charge is 2.27. The molecule has 0 radical (unpaired) electrons. The SMILES string of the molecule is O=C(CC(=O)N1CCN(C(=O)c2cc(F)c(F)c(F)c2)CC1)Nc1ccc(-c2ncon2)cc1. The second kappa shape index (κ2) is 9.73. The maximum atomic E-state index is 13.4. The van der Waals surface area contributed by atoms with Crippen LogP contribution in [-0.4, -0.2) is 63.8 Å². The number of hydrogen-bond donors (Lipinski definition) is 1. The van der Waals surface area contributed by atoms with E-state index in [0.29, 0.717) is 29.2 Å². The zero-order valence-electron chi connectivity index (χ0n) is 17.6. The Bertz CT molecular complexity index is 1190. The number of amides is 3. The van der Waals surface area contributed by atoms with E-state index in [1.165, 1.54) is 16.2 Å². The fourth-order valence-corrected chi connectivity index (χ4v) is 3.48. The fraction of sp³-hybridized carbons (Fsp3) is 0.227. The van der Waals surface area contributed by atoms with Gasteiger partial charge >= 0.3 is 0 Å². The second-order valence-corrected chi connectivity index (χ2v) is 7.48. The zero-order valence-corrected chi connectivity index (χ0v) is 17.6. The van der Waals surface area contributed by atoms with Gasteiger partial charge in [-0.1, -0.05) is 5.16 Å². The maximum Gasteiger partial charge on any atom is 0.254 e. The Morgan fingerprint density at radius 3 is 2.15 bits per heavy atom. The van der Waals surface area contributed by atoms with E-state index in [1.807, 2.05) is 0 Å². The molecule has 1 aliphatic rings. The van der Waals surface area contributed by atoms with Gasteiger partial charge in [0.2, 0.25) is 24.0 Å². The quantitative estimate of drug-likeness (QED) is 0.451. The third-order valence-corrected chi connectivity index (χ3v) is 5.25. The number of aromatic nitrogens is 2. The Morgan fingerprint density at radius 2 is 1.56 bits per heavy atom. The molecule has 1 fully saturated rings. The highest BCUT2D eigenvalue weighted by Crippen LogP contribution is 2.19. The summed E-state index contributed by atoms with van der Waals surface area (Å²) in [5.74, 6) is -5.75. The largest absolute Gasteiger partial charge is 0.342 e. The van der Waals surface area contributed by atoms with E-state index in [2.05, 4.69) is 20.0 Å². The van der Waals surface area contributed by atoms with Crippen LogP contribution in [0.1, 0.15) is 16.8 Å². The lowest BCUT2D eigenvalue weighted by atomic mass is 10.1. The summed E-state index contributed by atoms with van der Waals surface area (Å²) in [6.45, 7) is 0.488. The number of nitrogens with zero attached hydrogens (tertiary/aromatic N) is 4. The minimum Gasteiger partial charge on any atom is -0.342 e. The molecule has 0 bridgehead atoms. The molecular formula is C22H18F3N5O4. The molecule has 9 nitrogen and oxygen atoms in total. The number of hydrogen-bond acceptors (Lipinski definition) is 6. The van der Waals surface area contributed by atoms with E-state index in [0.717, 1.165) is 0 Å². The van der Waals surface area contributed by atoms with Gasteiger partial charge in [-0.3, -0.25) is 14.4 Å². The summed E-state index contributed by atoms with van der Waals surface area (Å²) in [6.07, 6.45) is 0.809. The van der Waals surface area contributed by atoms with Crippen LogP contribution in [0.3, 0.4) is 0 Å². The predicted octanol–water partition coefficient (Wildman–Crippen LogP) is 2.47. The Morgan fingerprint density at radius 1 is 0.941 bits per heavy atom. The molecule has 0 unspecified atom stereocenters. The van der Waals surface area contributed by atoms with Gasteiger partial charge in [0.05, 0.1) is 0 Å². The van der Waals surface area contributed by atoms with E-state index < -0.39 is 41.6 Å². The van der Waals surface area contributed by atoms with Gasteiger partial charge in [0.15, 0.2) is 17.5 Å². The first kappa shape index (κ1) is 23.0. The number of piperazine rings is 1. The summed E-state index contributed by atoms with van der Waals surface area (Å²) >= 11 is 0. The molecule has 2 heterocycles. The van der Waals surface area contributed by atoms with Gasteiger partial charge < -0.3 is 19.6 Å². The van der Waals surface area contributed by atoms with Gasteiger partial charge in [0.1, 0.15) is 6.42 Å². The van der Waals surface area contributed by atoms with Crippen molar-refractivity contribution in [2.75, 3.05) is 31.5 Å². The first-order valence-electron chi connectivity index (χ1n) is 10.2. The van der Waals surface area contributed by atoms with Crippen molar-refractivity contribution in [1.82, 2.24) is 19.9 Å². The lowest BCUT2D eigenvalue weighted by Gasteiger charge is -2.34. The first-order valence-corrected chi connectivity index (χ1v) is 10.2. The van der Waals surface area contributed by atoms with Gasteiger partial charge in [-0.05, 0) is 36.4 Å². The van der Waals surface area contributed by atoms with E-state index in [1.54, 1.807) is 24.3 Å². The van der Waals surface area contributed by atoms with E-state index in [-0.39, 0.29) is 31.7 Å². The predicted molar refractivity (Wildman–Crippen MR) is 112 cm³/mol. The van der Waals surface area contributed by atoms with Crippen molar-refractivity contribution in [1.29, 1.82) is 0 Å². The van der Waals surface area contributed by atoms with E-state index in [9.17, 15) is 27.6 Å². The number of nitrogens with one attached hydrogen (secondary N) is 1. The molecule has 0 aliphatic carbocycles. The molecule has 1 N–H and O–H groups in total. The van der Waals surface area contributed by atoms with Gasteiger partial charge in [-0.15, -0.1) is 0 Å². The highest BCUT2D eigenvalue weighted by molar-refractivity contribution is 6.03. The average Bonchev–Trinajstić information content (AvgIpc) is 3.37. The molecule has 3 aromatic rings. The standard InChI is InChI=1S/C22H18F3N5O4/c23-16-9-14(10-17(24)20(16)25)22(33)30-7-5-29(6-8-30)19(32)11-18(31)27-15-3-1-13(2-4-15)21-26-12-34-28-21/h1-4,9-10,12H,5-8,11H2,(H,27,31). The third-order valence-electron chi connectivity index (χ3n) is 5.25. The molecule has 0 spiro atoms. The average molecular weight is 473 g/mol. The molecule has 4 rings (SSSR count). The van der Waals surface area contributed by atoms with Crippen LogP contribution in [0.25, 0.3) is 11.4 Å². The fourth-order valence-electron chi connectivity index (χ4n) is 3.48. The van der Waals surface area contributed by atoms with Crippen molar-refractivity contribution in [2.45, 2.75) is 6.42 Å². The Kier molecular flexibility index (Phi) is 6.57. The molecule has 1 aromatic heterocycles. The zero-order chi connectivity index (χ0) is 24.2. The molecule has 176 valence electrons. The van der Waals surface area contributed by atoms with Crippen LogP contribution in [0.4, 0.5) is 18.9 Å². The lowest BCUT2D eigenvalue weighted by Crippen LogP contribution is -2.51. The smallest absolute Gasteiger partial charge is 0.254 e. The summed E-state index contributed by atoms with van der Waals surface area (Å²) in [5.41, 5.74) is 0.862. The van der Waals surface area contributed by atoms with Crippen molar-refractivity contribution in [2.24, 2.45) is 0 Å². The summed E-state index contributed by atoms with van der Waals surface area (Å²) in [6, 6.07) is 7.93. The summed E-state index contributed by atoms with van der Waals surface area (Å²) in [5, 5.41) is 6.35. The van der Waals surface area contributed by atoms with Crippen molar-refractivity contribution >= 4 is 23.4 Å². The third kappa shape index (κ3) is 5.05. The number of benzene rings is 2. The van der Waals surface area contributed by atoms with Crippen LogP contribution in [0.2, 0.25) is 0 Å². The van der Waals surface area contributed by atoms with Crippen LogP contribution < -0.4 is 5.32 Å². The maximum absolute atomic E-state index is 13.4. The topological polar surface area (TPSA) is 109 Å². The van der Waals surface area contributed by atoms with Crippen LogP contribution in [-0.2, 0) is 9.59 Å². The van der Waals surface area contributed by atoms with E-state index in [4.69, 9.17) is 0 Å². The molecule has 0 saturated carbocycles. The molecule has 1 aliphatic heterocycles. The number of anilines is 1. The van der Waals surface area contributed by atoms with Gasteiger partial charge in [-0.25, -0.2) is 13.2 Å². The molecule has 2 aromatic carbocycles. The molecular weight excluding hydrogens is 455 g/mol. The summed E-state index contributed by atoms with van der Waals surface area (Å²) in [7, 11) is 0. The molecule has 12 heteroatoms. The van der Waals surface area contributed by atoms with Crippen molar-refractivity contribution in [3.05, 3.63) is 65.8 Å². The number of halogens is 3. The highest BCUT2D eigenvalue weighted by atomic mass is 19.2. The monoisotopic (exact) mass is 473 g/mol. The van der Waals surface area contributed by atoms with Crippen molar-refractivity contribution < 1.29 is 32.1 Å². The minimum atomic E-state index is -1.65. The Labute approximate surface area is 191 Å². The van der Waals surface area contributed by atoms with Crippen molar-refractivity contribution in [3.63, 3.8) is 0 Å². The Hall–Kier alpha value is -4.22. The number of rotatable bonds is 5. The van der Waals surface area contributed by atoms with Gasteiger partial charge in [0.25, 0.3) is 5.91 Å². The van der Waals surface area contributed by atoms with Gasteiger partial charge in [0, 0.05) is 43.0 Å². The van der Waals surface area contributed by atoms with Crippen LogP contribution in [0, 0.1) is 17.5 Å². The minimum absolute atomic E-state index is 0.102. The van der Waals surface area contributed by atoms with Crippen LogP contribution >= 0.6 is 0 Å². The van der Waals surface area contributed by atoms with Gasteiger partial charge in [-0.2, -0.15) is 4.98 Å². The number of carbonyl (C=O) groups excluding carboxylic acids is 3. The van der Waals surface area contributed by atoms with Crippen LogP contribution in [0.5, 0.6) is 0 Å². The normalized spacial score (nSPS) is 13.6.